The minimum Gasteiger partial charge on any atom is -0.318 e. The number of aromatic amines is 1. The third kappa shape index (κ3) is 5.57. The number of aromatic nitrogens is 8. The Morgan fingerprint density at radius 2 is 1.67 bits per heavy atom. The summed E-state index contributed by atoms with van der Waals surface area (Å²) in [5.74, 6) is 1.99. The molecule has 3 aromatic heterocycles. The first-order chi connectivity index (χ1) is 20.1. The van der Waals surface area contributed by atoms with Crippen molar-refractivity contribution in [1.82, 2.24) is 39.3 Å². The van der Waals surface area contributed by atoms with Gasteiger partial charge in [-0.3, -0.25) is 13.9 Å². The van der Waals surface area contributed by atoms with Crippen LogP contribution in [0.1, 0.15) is 58.8 Å². The van der Waals surface area contributed by atoms with E-state index >= 15 is 0 Å². The van der Waals surface area contributed by atoms with Crippen molar-refractivity contribution >= 4 is 11.2 Å². The van der Waals surface area contributed by atoms with Crippen molar-refractivity contribution in [2.45, 2.75) is 73.5 Å². The van der Waals surface area contributed by atoms with Crippen molar-refractivity contribution in [2.24, 2.45) is 17.3 Å². The molecule has 0 saturated heterocycles. The SMILES string of the molecule is CC(C)Cn1c(=O)n(CC2CC2)c(=O)c2c1nc(CC(C)(C)C)n2Cc1ccc(-c2ccccc2-c2nn[nH]n2)cc1. The molecule has 10 nitrogen and oxygen atoms in total. The molecule has 0 aliphatic heterocycles. The van der Waals surface area contributed by atoms with Gasteiger partial charge in [-0.1, -0.05) is 83.1 Å². The van der Waals surface area contributed by atoms with Crippen LogP contribution in [0.2, 0.25) is 0 Å². The van der Waals surface area contributed by atoms with E-state index in [0.717, 1.165) is 40.9 Å². The fraction of sp³-hybridized carbons (Fsp3) is 0.438. The number of fused-ring (bicyclic) bond motifs is 1. The molecule has 2 aromatic carbocycles. The van der Waals surface area contributed by atoms with E-state index < -0.39 is 0 Å². The Morgan fingerprint density at radius 1 is 0.952 bits per heavy atom. The van der Waals surface area contributed by atoms with Gasteiger partial charge in [0.15, 0.2) is 11.2 Å². The Labute approximate surface area is 244 Å². The van der Waals surface area contributed by atoms with E-state index in [-0.39, 0.29) is 22.6 Å². The summed E-state index contributed by atoms with van der Waals surface area (Å²) in [6, 6.07) is 16.3. The van der Waals surface area contributed by atoms with Crippen molar-refractivity contribution in [3.8, 4) is 22.5 Å². The third-order valence-corrected chi connectivity index (χ3v) is 7.69. The van der Waals surface area contributed by atoms with Gasteiger partial charge in [-0.05, 0) is 52.0 Å². The molecule has 3 heterocycles. The summed E-state index contributed by atoms with van der Waals surface area (Å²) in [7, 11) is 0. The molecule has 0 bridgehead atoms. The first-order valence-corrected chi connectivity index (χ1v) is 14.7. The van der Waals surface area contributed by atoms with Gasteiger partial charge in [0.05, 0.1) is 0 Å². The molecule has 0 unspecified atom stereocenters. The zero-order valence-electron chi connectivity index (χ0n) is 25.0. The lowest BCUT2D eigenvalue weighted by molar-refractivity contribution is 0.394. The van der Waals surface area contributed by atoms with Crippen LogP contribution in [0.15, 0.2) is 58.1 Å². The van der Waals surface area contributed by atoms with Crippen LogP contribution in [0.3, 0.4) is 0 Å². The highest BCUT2D eigenvalue weighted by molar-refractivity contribution is 5.80. The van der Waals surface area contributed by atoms with E-state index in [4.69, 9.17) is 4.98 Å². The molecule has 1 N–H and O–H groups in total. The molecule has 0 amide bonds. The minimum absolute atomic E-state index is 0.0575. The van der Waals surface area contributed by atoms with Crippen molar-refractivity contribution in [2.75, 3.05) is 0 Å². The Bertz CT molecular complexity index is 1830. The van der Waals surface area contributed by atoms with Crippen LogP contribution in [0, 0.1) is 17.3 Å². The van der Waals surface area contributed by atoms with Crippen molar-refractivity contribution in [1.29, 1.82) is 0 Å². The summed E-state index contributed by atoms with van der Waals surface area (Å²) in [4.78, 5) is 32.6. The number of imidazole rings is 1. The average molecular weight is 567 g/mol. The molecule has 5 aromatic rings. The molecule has 42 heavy (non-hydrogen) atoms. The van der Waals surface area contributed by atoms with E-state index in [1.807, 2.05) is 28.8 Å². The second-order valence-electron chi connectivity index (χ2n) is 13.1. The number of hydrogen-bond donors (Lipinski definition) is 1. The van der Waals surface area contributed by atoms with Gasteiger partial charge >= 0.3 is 5.69 Å². The first kappa shape index (κ1) is 27.8. The standard InChI is InChI=1S/C32H38N8O2/c1-20(2)17-39-29-27(30(41)40(31(39)42)19-21-10-11-21)38(26(33-29)16-32(3,4)5)18-22-12-14-23(15-13-22)24-8-6-7-9-25(24)28-34-36-37-35-28/h6-9,12-15,20-21H,10-11,16-19H2,1-5H3,(H,34,35,36,37). The molecule has 1 aliphatic carbocycles. The highest BCUT2D eigenvalue weighted by atomic mass is 16.2. The van der Waals surface area contributed by atoms with Crippen LogP contribution in [-0.4, -0.2) is 39.3 Å². The quantitative estimate of drug-likeness (QED) is 0.271. The fourth-order valence-corrected chi connectivity index (χ4v) is 5.54. The van der Waals surface area contributed by atoms with Crippen LogP contribution in [-0.2, 0) is 26.1 Å². The summed E-state index contributed by atoms with van der Waals surface area (Å²) < 4.78 is 5.23. The van der Waals surface area contributed by atoms with Crippen LogP contribution in [0.4, 0.5) is 0 Å². The summed E-state index contributed by atoms with van der Waals surface area (Å²) in [5, 5.41) is 14.6. The maximum atomic E-state index is 14.0. The predicted octanol–water partition coefficient (Wildman–Crippen LogP) is 4.91. The van der Waals surface area contributed by atoms with Gasteiger partial charge in [0.2, 0.25) is 5.82 Å². The largest absolute Gasteiger partial charge is 0.332 e. The van der Waals surface area contributed by atoms with Crippen molar-refractivity contribution in [3.63, 3.8) is 0 Å². The van der Waals surface area contributed by atoms with Gasteiger partial charge in [-0.25, -0.2) is 9.78 Å². The van der Waals surface area contributed by atoms with Gasteiger partial charge in [0.1, 0.15) is 5.82 Å². The number of nitrogens with zero attached hydrogens (tertiary/aromatic N) is 7. The van der Waals surface area contributed by atoms with Gasteiger partial charge in [-0.2, -0.15) is 5.21 Å². The molecular formula is C32H38N8O2. The molecule has 0 radical (unpaired) electrons. The Balaban J connectivity index is 1.45. The van der Waals surface area contributed by atoms with Crippen LogP contribution >= 0.6 is 0 Å². The Hall–Kier alpha value is -4.34. The Kier molecular flexibility index (Phi) is 7.16. The second kappa shape index (κ2) is 10.8. The minimum atomic E-state index is -0.246. The number of tetrazole rings is 1. The third-order valence-electron chi connectivity index (χ3n) is 7.69. The van der Waals surface area contributed by atoms with Gasteiger partial charge < -0.3 is 4.57 Å². The lowest BCUT2D eigenvalue weighted by Gasteiger charge is -2.19. The lowest BCUT2D eigenvalue weighted by Crippen LogP contribution is -2.41. The summed E-state index contributed by atoms with van der Waals surface area (Å²) in [6.07, 6.45) is 2.80. The van der Waals surface area contributed by atoms with E-state index in [1.54, 1.807) is 4.57 Å². The normalized spacial score (nSPS) is 13.9. The molecular weight excluding hydrogens is 528 g/mol. The van der Waals surface area contributed by atoms with Crippen LogP contribution in [0.25, 0.3) is 33.7 Å². The maximum Gasteiger partial charge on any atom is 0.332 e. The number of hydrogen-bond acceptors (Lipinski definition) is 6. The van der Waals surface area contributed by atoms with Gasteiger partial charge in [-0.15, -0.1) is 10.2 Å². The van der Waals surface area contributed by atoms with Crippen LogP contribution < -0.4 is 11.2 Å². The average Bonchev–Trinajstić information content (AvgIpc) is 3.47. The molecule has 0 spiro atoms. The zero-order chi connectivity index (χ0) is 29.6. The number of H-pyrrole nitrogens is 1. The van der Waals surface area contributed by atoms with Gasteiger partial charge in [0.25, 0.3) is 5.56 Å². The van der Waals surface area contributed by atoms with E-state index in [9.17, 15) is 9.59 Å². The topological polar surface area (TPSA) is 116 Å². The van der Waals surface area contributed by atoms with Crippen LogP contribution in [0.5, 0.6) is 0 Å². The van der Waals surface area contributed by atoms with Crippen molar-refractivity contribution in [3.05, 3.63) is 80.8 Å². The highest BCUT2D eigenvalue weighted by Crippen LogP contribution is 2.31. The van der Waals surface area contributed by atoms with Gasteiger partial charge in [0, 0.05) is 31.6 Å². The van der Waals surface area contributed by atoms with E-state index in [1.165, 1.54) is 4.57 Å². The highest BCUT2D eigenvalue weighted by Gasteiger charge is 2.28. The summed E-state index contributed by atoms with van der Waals surface area (Å²) in [6.45, 7) is 12.1. The van der Waals surface area contributed by atoms with E-state index in [0.29, 0.717) is 49.0 Å². The summed E-state index contributed by atoms with van der Waals surface area (Å²) in [5.41, 5.74) is 4.45. The molecule has 6 rings (SSSR count). The molecule has 1 saturated carbocycles. The number of rotatable bonds is 9. The molecule has 10 heteroatoms. The smallest absolute Gasteiger partial charge is 0.318 e. The molecule has 1 fully saturated rings. The Morgan fingerprint density at radius 3 is 2.29 bits per heavy atom. The molecule has 0 atom stereocenters. The summed E-state index contributed by atoms with van der Waals surface area (Å²) >= 11 is 0. The first-order valence-electron chi connectivity index (χ1n) is 14.7. The number of nitrogens with one attached hydrogen (secondary N) is 1. The van der Waals surface area contributed by atoms with E-state index in [2.05, 4.69) is 79.5 Å². The monoisotopic (exact) mass is 566 g/mol. The van der Waals surface area contributed by atoms with Crippen molar-refractivity contribution < 1.29 is 0 Å². The lowest BCUT2D eigenvalue weighted by atomic mass is 9.92. The predicted molar refractivity (Wildman–Crippen MR) is 163 cm³/mol. The molecule has 1 aliphatic rings. The maximum absolute atomic E-state index is 14.0. The zero-order valence-corrected chi connectivity index (χ0v) is 25.0. The molecule has 218 valence electrons. The second-order valence-corrected chi connectivity index (χ2v) is 13.1. The number of benzene rings is 2. The fourth-order valence-electron chi connectivity index (χ4n) is 5.54.